The predicted octanol–water partition coefficient (Wildman–Crippen LogP) is 2.79. The quantitative estimate of drug-likeness (QED) is 0.577. The summed E-state index contributed by atoms with van der Waals surface area (Å²) in [5.41, 5.74) is 2.34. The third-order valence-corrected chi connectivity index (χ3v) is 6.43. The van der Waals surface area contributed by atoms with Crippen molar-refractivity contribution in [1.29, 1.82) is 0 Å². The van der Waals surface area contributed by atoms with E-state index in [0.717, 1.165) is 49.3 Å². The lowest BCUT2D eigenvalue weighted by Gasteiger charge is -2.43. The van der Waals surface area contributed by atoms with E-state index >= 15 is 0 Å². The van der Waals surface area contributed by atoms with Crippen molar-refractivity contribution in [3.63, 3.8) is 0 Å². The molecule has 0 radical (unpaired) electrons. The Kier molecular flexibility index (Phi) is 8.57. The van der Waals surface area contributed by atoms with Crippen LogP contribution >= 0.6 is 0 Å². The van der Waals surface area contributed by atoms with Gasteiger partial charge in [-0.1, -0.05) is 36.4 Å². The number of hydrogen-bond acceptors (Lipinski definition) is 5. The molecule has 4 rings (SSSR count). The van der Waals surface area contributed by atoms with Gasteiger partial charge in [-0.15, -0.1) is 0 Å². The lowest BCUT2D eigenvalue weighted by Crippen LogP contribution is -2.57. The molecular formula is C25H29F3N4O4. The zero-order valence-electron chi connectivity index (χ0n) is 19.8. The molecule has 2 aromatic rings. The van der Waals surface area contributed by atoms with Crippen LogP contribution in [0.15, 0.2) is 54.6 Å². The van der Waals surface area contributed by atoms with Crippen LogP contribution in [0.4, 0.5) is 18.9 Å². The third-order valence-electron chi connectivity index (χ3n) is 6.43. The minimum atomic E-state index is -5.08. The first kappa shape index (κ1) is 27.0. The van der Waals surface area contributed by atoms with Crippen LogP contribution in [0.5, 0.6) is 0 Å². The Hall–Kier alpha value is -3.60. The van der Waals surface area contributed by atoms with Crippen molar-refractivity contribution in [2.45, 2.75) is 31.5 Å². The maximum atomic E-state index is 12.7. The molecule has 2 saturated heterocycles. The van der Waals surface area contributed by atoms with E-state index in [1.165, 1.54) is 0 Å². The van der Waals surface area contributed by atoms with Crippen LogP contribution in [0.1, 0.15) is 28.8 Å². The summed E-state index contributed by atoms with van der Waals surface area (Å²) in [6.45, 7) is 5.60. The summed E-state index contributed by atoms with van der Waals surface area (Å²) in [7, 11) is 0. The standard InChI is InChI=1S/C23H28N4O2.C2HF3O2/c1-18-7-5-6-10-20(18)21(28)24-13-16-26-14-11-23(12-15-26)22(29)25-17-27(23)19-8-3-2-4-9-19;3-2(4,5)1(6)7/h2-10H,11-17H2,1H3,(H,24,28)(H,25,29);(H,6,7). The average Bonchev–Trinajstić information content (AvgIpc) is 3.16. The second-order valence-electron chi connectivity index (χ2n) is 8.67. The van der Waals surface area contributed by atoms with Crippen LogP contribution < -0.4 is 15.5 Å². The van der Waals surface area contributed by atoms with Crippen LogP contribution in [0, 0.1) is 6.92 Å². The van der Waals surface area contributed by atoms with E-state index in [1.54, 1.807) is 0 Å². The molecule has 11 heteroatoms. The Morgan fingerprint density at radius 3 is 2.22 bits per heavy atom. The van der Waals surface area contributed by atoms with E-state index in [-0.39, 0.29) is 11.8 Å². The summed E-state index contributed by atoms with van der Waals surface area (Å²) < 4.78 is 31.7. The molecule has 0 unspecified atom stereocenters. The predicted molar refractivity (Wildman–Crippen MR) is 128 cm³/mol. The molecule has 1 spiro atoms. The van der Waals surface area contributed by atoms with Crippen LogP contribution in [0.3, 0.4) is 0 Å². The Bertz CT molecular complexity index is 1070. The number of anilines is 1. The highest BCUT2D eigenvalue weighted by atomic mass is 19.4. The number of hydrogen-bond donors (Lipinski definition) is 3. The number of rotatable bonds is 5. The summed E-state index contributed by atoms with van der Waals surface area (Å²) in [5.74, 6) is -2.65. The molecule has 2 fully saturated rings. The molecular weight excluding hydrogens is 477 g/mol. The number of nitrogens with one attached hydrogen (secondary N) is 2. The Labute approximate surface area is 207 Å². The fourth-order valence-corrected chi connectivity index (χ4v) is 4.43. The van der Waals surface area contributed by atoms with Crippen molar-refractivity contribution >= 4 is 23.5 Å². The monoisotopic (exact) mass is 506 g/mol. The second kappa shape index (κ2) is 11.4. The fraction of sp³-hybridized carbons (Fsp3) is 0.400. The zero-order chi connectivity index (χ0) is 26.3. The molecule has 0 bridgehead atoms. The minimum absolute atomic E-state index is 0.0259. The van der Waals surface area contributed by atoms with Gasteiger partial charge in [-0.2, -0.15) is 13.2 Å². The molecule has 0 saturated carbocycles. The molecule has 3 N–H and O–H groups in total. The van der Waals surface area contributed by atoms with Gasteiger partial charge in [0.05, 0.1) is 6.67 Å². The first-order chi connectivity index (χ1) is 17.0. The van der Waals surface area contributed by atoms with Crippen molar-refractivity contribution in [2.75, 3.05) is 37.7 Å². The van der Waals surface area contributed by atoms with E-state index in [1.807, 2.05) is 49.4 Å². The molecule has 2 amide bonds. The van der Waals surface area contributed by atoms with Crippen LogP contribution in [0.2, 0.25) is 0 Å². The topological polar surface area (TPSA) is 102 Å². The van der Waals surface area contributed by atoms with E-state index < -0.39 is 17.7 Å². The summed E-state index contributed by atoms with van der Waals surface area (Å²) in [6, 6.07) is 17.8. The van der Waals surface area contributed by atoms with Gasteiger partial charge in [0.25, 0.3) is 5.91 Å². The number of carboxylic acid groups (broad SMARTS) is 1. The summed E-state index contributed by atoms with van der Waals surface area (Å²) in [4.78, 5) is 38.5. The second-order valence-corrected chi connectivity index (χ2v) is 8.67. The van der Waals surface area contributed by atoms with Crippen molar-refractivity contribution in [2.24, 2.45) is 0 Å². The van der Waals surface area contributed by atoms with E-state index in [4.69, 9.17) is 9.90 Å². The van der Waals surface area contributed by atoms with Gasteiger partial charge in [-0.25, -0.2) is 4.79 Å². The van der Waals surface area contributed by atoms with Crippen molar-refractivity contribution in [1.82, 2.24) is 15.5 Å². The van der Waals surface area contributed by atoms with Gasteiger partial charge in [0.2, 0.25) is 5.91 Å². The summed E-state index contributed by atoms with van der Waals surface area (Å²) in [5, 5.41) is 13.2. The number of piperidine rings is 1. The highest BCUT2D eigenvalue weighted by molar-refractivity contribution is 5.95. The number of aryl methyl sites for hydroxylation is 1. The van der Waals surface area contributed by atoms with Gasteiger partial charge in [0.15, 0.2) is 0 Å². The number of alkyl halides is 3. The number of likely N-dealkylation sites (tertiary alicyclic amines) is 1. The van der Waals surface area contributed by atoms with Crippen molar-refractivity contribution in [3.8, 4) is 0 Å². The average molecular weight is 507 g/mol. The largest absolute Gasteiger partial charge is 0.490 e. The molecule has 2 aliphatic heterocycles. The highest BCUT2D eigenvalue weighted by Gasteiger charge is 2.50. The van der Waals surface area contributed by atoms with Gasteiger partial charge in [0, 0.05) is 37.4 Å². The third kappa shape index (κ3) is 6.34. The number of carbonyl (C=O) groups excluding carboxylic acids is 2. The van der Waals surface area contributed by atoms with Crippen LogP contribution in [0.25, 0.3) is 0 Å². The normalized spacial score (nSPS) is 17.2. The molecule has 0 atom stereocenters. The number of halogens is 3. The van der Waals surface area contributed by atoms with Crippen molar-refractivity contribution in [3.05, 3.63) is 65.7 Å². The maximum Gasteiger partial charge on any atom is 0.490 e. The molecule has 36 heavy (non-hydrogen) atoms. The van der Waals surface area contributed by atoms with Gasteiger partial charge < -0.3 is 25.5 Å². The summed E-state index contributed by atoms with van der Waals surface area (Å²) >= 11 is 0. The SMILES string of the molecule is Cc1ccccc1C(=O)NCCN1CCC2(CC1)C(=O)NCN2c1ccccc1.O=C(O)C(F)(F)F. The number of carboxylic acids is 1. The number of para-hydroxylation sites is 1. The zero-order valence-corrected chi connectivity index (χ0v) is 19.8. The number of nitrogens with zero attached hydrogens (tertiary/aromatic N) is 2. The Morgan fingerprint density at radius 1 is 1.06 bits per heavy atom. The molecule has 0 aromatic heterocycles. The smallest absolute Gasteiger partial charge is 0.475 e. The van der Waals surface area contributed by atoms with Gasteiger partial charge >= 0.3 is 12.1 Å². The molecule has 8 nitrogen and oxygen atoms in total. The summed E-state index contributed by atoms with van der Waals surface area (Å²) in [6.07, 6.45) is -3.50. The number of benzene rings is 2. The highest BCUT2D eigenvalue weighted by Crippen LogP contribution is 2.36. The molecule has 0 aliphatic carbocycles. The van der Waals surface area contributed by atoms with E-state index in [2.05, 4.69) is 32.6 Å². The van der Waals surface area contributed by atoms with E-state index in [0.29, 0.717) is 13.2 Å². The maximum absolute atomic E-state index is 12.7. The van der Waals surface area contributed by atoms with E-state index in [9.17, 15) is 22.8 Å². The van der Waals surface area contributed by atoms with Gasteiger partial charge in [-0.3, -0.25) is 9.59 Å². The lowest BCUT2D eigenvalue weighted by atomic mass is 9.85. The molecule has 194 valence electrons. The minimum Gasteiger partial charge on any atom is -0.475 e. The Balaban J connectivity index is 0.000000454. The van der Waals surface area contributed by atoms with Crippen molar-refractivity contribution < 1.29 is 32.7 Å². The number of amides is 2. The van der Waals surface area contributed by atoms with Crippen LogP contribution in [-0.4, -0.2) is 72.4 Å². The molecule has 2 aliphatic rings. The molecule has 2 heterocycles. The van der Waals surface area contributed by atoms with Gasteiger partial charge in [-0.05, 0) is 43.5 Å². The number of aliphatic carboxylic acids is 1. The number of carbonyl (C=O) groups is 3. The first-order valence-electron chi connectivity index (χ1n) is 11.5. The Morgan fingerprint density at radius 2 is 1.64 bits per heavy atom. The lowest BCUT2D eigenvalue weighted by molar-refractivity contribution is -0.192. The van der Waals surface area contributed by atoms with Gasteiger partial charge in [0.1, 0.15) is 5.54 Å². The fourth-order valence-electron chi connectivity index (χ4n) is 4.43. The molecule has 2 aromatic carbocycles. The first-order valence-corrected chi connectivity index (χ1v) is 11.5. The van der Waals surface area contributed by atoms with Crippen LogP contribution in [-0.2, 0) is 9.59 Å².